The molecule has 0 aliphatic rings. The van der Waals surface area contributed by atoms with Crippen molar-refractivity contribution in [3.8, 4) is 17.0 Å². The van der Waals surface area contributed by atoms with Crippen molar-refractivity contribution in [3.05, 3.63) is 47.2 Å². The smallest absolute Gasteiger partial charge is 0.416 e. The largest absolute Gasteiger partial charge is 0.506 e. The third-order valence-corrected chi connectivity index (χ3v) is 4.12. The van der Waals surface area contributed by atoms with Crippen LogP contribution in [-0.2, 0) is 22.2 Å². The molecule has 1 aromatic carbocycles. The minimum atomic E-state index is -4.49. The van der Waals surface area contributed by atoms with Gasteiger partial charge in [0.25, 0.3) is 0 Å². The summed E-state index contributed by atoms with van der Waals surface area (Å²) in [6.07, 6.45) is -4.84. The van der Waals surface area contributed by atoms with Gasteiger partial charge in [0, 0.05) is 24.8 Å². The molecule has 27 heavy (non-hydrogen) atoms. The molecule has 2 aromatic rings. The Morgan fingerprint density at radius 1 is 1.07 bits per heavy atom. The molecule has 0 aliphatic heterocycles. The standard InChI is InChI=1S/C19H18F3NO4/c1-11-13(3-2-4-14(11)19(20,21)22)15-8-9-17(25)16(23-15)7-5-12(24)6-10-18(26)27/h2-4,8-9,25H,5-7,10H2,1H3,(H,26,27). The highest BCUT2D eigenvalue weighted by Crippen LogP contribution is 2.36. The van der Waals surface area contributed by atoms with E-state index in [1.54, 1.807) is 0 Å². The maximum absolute atomic E-state index is 13.1. The number of hydrogen-bond acceptors (Lipinski definition) is 4. The van der Waals surface area contributed by atoms with Crippen LogP contribution in [0.25, 0.3) is 11.3 Å². The highest BCUT2D eigenvalue weighted by Gasteiger charge is 2.33. The predicted molar refractivity (Wildman–Crippen MR) is 91.3 cm³/mol. The van der Waals surface area contributed by atoms with Gasteiger partial charge >= 0.3 is 12.1 Å². The molecule has 0 bridgehead atoms. The molecule has 0 spiro atoms. The maximum atomic E-state index is 13.1. The first-order valence-electron chi connectivity index (χ1n) is 8.19. The van der Waals surface area contributed by atoms with Crippen molar-refractivity contribution in [1.82, 2.24) is 4.98 Å². The normalized spacial score (nSPS) is 11.4. The van der Waals surface area contributed by atoms with E-state index in [1.165, 1.54) is 31.2 Å². The van der Waals surface area contributed by atoms with E-state index in [0.717, 1.165) is 6.07 Å². The number of alkyl halides is 3. The van der Waals surface area contributed by atoms with Gasteiger partial charge in [0.15, 0.2) is 0 Å². The third-order valence-electron chi connectivity index (χ3n) is 4.12. The number of nitrogens with zero attached hydrogens (tertiary/aromatic N) is 1. The van der Waals surface area contributed by atoms with Gasteiger partial charge in [0.05, 0.1) is 23.4 Å². The molecule has 0 unspecified atom stereocenters. The first-order valence-corrected chi connectivity index (χ1v) is 8.19. The number of carbonyl (C=O) groups excluding carboxylic acids is 1. The summed E-state index contributed by atoms with van der Waals surface area (Å²) in [5.74, 6) is -1.54. The Morgan fingerprint density at radius 3 is 2.41 bits per heavy atom. The number of benzene rings is 1. The molecule has 8 heteroatoms. The van der Waals surface area contributed by atoms with Gasteiger partial charge in [-0.2, -0.15) is 13.2 Å². The second-order valence-corrected chi connectivity index (χ2v) is 6.07. The lowest BCUT2D eigenvalue weighted by Gasteiger charge is -2.14. The molecule has 0 aliphatic carbocycles. The fourth-order valence-electron chi connectivity index (χ4n) is 2.68. The third kappa shape index (κ3) is 5.29. The van der Waals surface area contributed by atoms with E-state index in [2.05, 4.69) is 4.98 Å². The van der Waals surface area contributed by atoms with Crippen LogP contribution in [0.1, 0.15) is 36.1 Å². The SMILES string of the molecule is Cc1c(-c2ccc(O)c(CCC(=O)CCC(=O)O)n2)cccc1C(F)(F)F. The van der Waals surface area contributed by atoms with Gasteiger partial charge in [-0.25, -0.2) is 4.98 Å². The summed E-state index contributed by atoms with van der Waals surface area (Å²) >= 11 is 0. The molecular weight excluding hydrogens is 363 g/mol. The van der Waals surface area contributed by atoms with E-state index in [1.807, 2.05) is 0 Å². The summed E-state index contributed by atoms with van der Waals surface area (Å²) in [6, 6.07) is 6.51. The summed E-state index contributed by atoms with van der Waals surface area (Å²) in [5.41, 5.74) is -0.0346. The Kier molecular flexibility index (Phi) is 6.20. The van der Waals surface area contributed by atoms with Crippen LogP contribution in [-0.4, -0.2) is 26.9 Å². The van der Waals surface area contributed by atoms with Crippen LogP contribution >= 0.6 is 0 Å². The maximum Gasteiger partial charge on any atom is 0.416 e. The molecule has 144 valence electrons. The van der Waals surface area contributed by atoms with Crippen LogP contribution in [0.2, 0.25) is 0 Å². The summed E-state index contributed by atoms with van der Waals surface area (Å²) in [6.45, 7) is 1.35. The van der Waals surface area contributed by atoms with Crippen LogP contribution in [0.15, 0.2) is 30.3 Å². The fourth-order valence-corrected chi connectivity index (χ4v) is 2.68. The van der Waals surface area contributed by atoms with Crippen molar-refractivity contribution in [2.75, 3.05) is 0 Å². The van der Waals surface area contributed by atoms with E-state index >= 15 is 0 Å². The molecule has 5 nitrogen and oxygen atoms in total. The number of Topliss-reactive ketones (excluding diaryl/α,β-unsaturated/α-hetero) is 1. The van der Waals surface area contributed by atoms with Gasteiger partial charge in [0.2, 0.25) is 0 Å². The molecule has 0 saturated heterocycles. The van der Waals surface area contributed by atoms with E-state index in [0.29, 0.717) is 0 Å². The van der Waals surface area contributed by atoms with Crippen LogP contribution in [0.5, 0.6) is 5.75 Å². The second kappa shape index (κ2) is 8.20. The fraction of sp³-hybridized carbons (Fsp3) is 0.316. The summed E-state index contributed by atoms with van der Waals surface area (Å²) < 4.78 is 39.3. The molecule has 1 heterocycles. The van der Waals surface area contributed by atoms with E-state index < -0.39 is 17.7 Å². The van der Waals surface area contributed by atoms with Crippen molar-refractivity contribution < 1.29 is 33.0 Å². The van der Waals surface area contributed by atoms with Crippen molar-refractivity contribution >= 4 is 11.8 Å². The zero-order valence-electron chi connectivity index (χ0n) is 14.5. The van der Waals surface area contributed by atoms with E-state index in [-0.39, 0.29) is 59.7 Å². The first-order chi connectivity index (χ1) is 12.6. The van der Waals surface area contributed by atoms with Gasteiger partial charge in [-0.15, -0.1) is 0 Å². The van der Waals surface area contributed by atoms with Crippen molar-refractivity contribution in [3.63, 3.8) is 0 Å². The highest BCUT2D eigenvalue weighted by molar-refractivity contribution is 5.82. The number of carboxylic acid groups (broad SMARTS) is 1. The van der Waals surface area contributed by atoms with Crippen LogP contribution in [0, 0.1) is 6.92 Å². The quantitative estimate of drug-likeness (QED) is 0.752. The number of aromatic nitrogens is 1. The minimum Gasteiger partial charge on any atom is -0.506 e. The van der Waals surface area contributed by atoms with Gasteiger partial charge < -0.3 is 10.2 Å². The number of rotatable bonds is 7. The zero-order valence-corrected chi connectivity index (χ0v) is 14.5. The molecule has 0 fully saturated rings. The lowest BCUT2D eigenvalue weighted by Crippen LogP contribution is -2.08. The summed E-state index contributed by atoms with van der Waals surface area (Å²) in [7, 11) is 0. The minimum absolute atomic E-state index is 0.0150. The molecule has 2 N–H and O–H groups in total. The molecule has 0 amide bonds. The number of carbonyl (C=O) groups is 2. The van der Waals surface area contributed by atoms with Crippen LogP contribution in [0.3, 0.4) is 0 Å². The summed E-state index contributed by atoms with van der Waals surface area (Å²) in [4.78, 5) is 26.4. The van der Waals surface area contributed by atoms with Crippen molar-refractivity contribution in [2.45, 2.75) is 38.8 Å². The monoisotopic (exact) mass is 381 g/mol. The number of hydrogen-bond donors (Lipinski definition) is 2. The van der Waals surface area contributed by atoms with Gasteiger partial charge in [-0.3, -0.25) is 9.59 Å². The number of pyridine rings is 1. The lowest BCUT2D eigenvalue weighted by molar-refractivity contribution is -0.139. The number of aromatic hydroxyl groups is 1. The number of aliphatic carboxylic acids is 1. The highest BCUT2D eigenvalue weighted by atomic mass is 19.4. The van der Waals surface area contributed by atoms with Gasteiger partial charge in [-0.1, -0.05) is 12.1 Å². The Balaban J connectivity index is 2.25. The Bertz CT molecular complexity index is 863. The Labute approximate surface area is 153 Å². The number of carboxylic acids is 1. The van der Waals surface area contributed by atoms with E-state index in [9.17, 15) is 27.9 Å². The molecule has 0 saturated carbocycles. The topological polar surface area (TPSA) is 87.5 Å². The Hall–Kier alpha value is -2.90. The van der Waals surface area contributed by atoms with Crippen molar-refractivity contribution in [2.24, 2.45) is 0 Å². The average molecular weight is 381 g/mol. The van der Waals surface area contributed by atoms with Crippen LogP contribution in [0.4, 0.5) is 13.2 Å². The Morgan fingerprint density at radius 2 is 1.78 bits per heavy atom. The number of aryl methyl sites for hydroxylation is 1. The predicted octanol–water partition coefficient (Wildman–Crippen LogP) is 4.15. The average Bonchev–Trinajstić information content (AvgIpc) is 2.58. The number of ketones is 1. The second-order valence-electron chi connectivity index (χ2n) is 6.07. The first kappa shape index (κ1) is 20.4. The molecule has 0 atom stereocenters. The number of halogens is 3. The molecule has 2 rings (SSSR count). The van der Waals surface area contributed by atoms with Gasteiger partial charge in [-0.05, 0) is 30.7 Å². The van der Waals surface area contributed by atoms with Gasteiger partial charge in [0.1, 0.15) is 11.5 Å². The van der Waals surface area contributed by atoms with Crippen LogP contribution < -0.4 is 0 Å². The summed E-state index contributed by atoms with van der Waals surface area (Å²) in [5, 5.41) is 18.5. The lowest BCUT2D eigenvalue weighted by atomic mass is 9.98. The van der Waals surface area contributed by atoms with Crippen molar-refractivity contribution in [1.29, 1.82) is 0 Å². The molecule has 1 aromatic heterocycles. The van der Waals surface area contributed by atoms with E-state index in [4.69, 9.17) is 5.11 Å². The zero-order chi connectivity index (χ0) is 20.2. The molecular formula is C19H18F3NO4. The molecule has 0 radical (unpaired) electrons.